The summed E-state index contributed by atoms with van der Waals surface area (Å²) in [5.41, 5.74) is -1.01. The summed E-state index contributed by atoms with van der Waals surface area (Å²) >= 11 is 0. The molecule has 5 rings (SSSR count). The SMILES string of the molecule is COc1ccc(C(OCC2OC(n3cc(/C=C/C(=O)NCCN(CCNC(=O)C(F)(F)F)CCNC(=O)C(F)(F)F)c(=O)[nH]c3=O)CC2OP(OCCC#N)N(C(C)C)C(C)C)(c2ccccc2)c2ccc(OC)cc2)cc1. The predicted octanol–water partition coefficient (Wildman–Crippen LogP) is 6.30. The second-order valence-corrected chi connectivity index (χ2v) is 19.5. The number of rotatable bonds is 28. The lowest BCUT2D eigenvalue weighted by molar-refractivity contribution is -0.173. The van der Waals surface area contributed by atoms with Gasteiger partial charge in [0.2, 0.25) is 5.91 Å². The van der Waals surface area contributed by atoms with Crippen LogP contribution in [-0.4, -0.2) is 140 Å². The average Bonchev–Trinajstić information content (AvgIpc) is 3.88. The number of benzene rings is 3. The van der Waals surface area contributed by atoms with Crippen LogP contribution in [0.3, 0.4) is 0 Å². The van der Waals surface area contributed by atoms with E-state index in [1.165, 1.54) is 11.1 Å². The van der Waals surface area contributed by atoms with Crippen LogP contribution in [0.25, 0.3) is 6.08 Å². The molecule has 0 aliphatic carbocycles. The lowest BCUT2D eigenvalue weighted by Gasteiger charge is -2.39. The number of nitriles is 1. The number of aromatic nitrogens is 2. The largest absolute Gasteiger partial charge is 0.497 e. The summed E-state index contributed by atoms with van der Waals surface area (Å²) in [6, 6.07) is 26.2. The zero-order valence-corrected chi connectivity index (χ0v) is 44.6. The lowest BCUT2D eigenvalue weighted by atomic mass is 9.80. The highest BCUT2D eigenvalue weighted by Crippen LogP contribution is 2.51. The second kappa shape index (κ2) is 28.8. The summed E-state index contributed by atoms with van der Waals surface area (Å²) in [5, 5.41) is 15.2. The molecule has 424 valence electrons. The number of methoxy groups -OCH3 is 2. The van der Waals surface area contributed by atoms with Crippen molar-refractivity contribution in [2.75, 3.05) is 66.7 Å². The van der Waals surface area contributed by atoms with Crippen molar-refractivity contribution in [1.29, 1.82) is 5.26 Å². The molecule has 19 nitrogen and oxygen atoms in total. The topological polar surface area (TPSA) is 228 Å². The molecular weight excluding hydrogens is 1060 g/mol. The van der Waals surface area contributed by atoms with Gasteiger partial charge in [-0.15, -0.1) is 0 Å². The summed E-state index contributed by atoms with van der Waals surface area (Å²) < 4.78 is 118. The molecule has 1 aliphatic rings. The maximum absolute atomic E-state index is 13.7. The molecule has 26 heteroatoms. The molecule has 0 saturated carbocycles. The summed E-state index contributed by atoms with van der Waals surface area (Å²) in [4.78, 5) is 66.2. The molecule has 2 heterocycles. The fourth-order valence-corrected chi connectivity index (χ4v) is 10.2. The third-order valence-electron chi connectivity index (χ3n) is 12.1. The third-order valence-corrected chi connectivity index (χ3v) is 14.3. The number of aromatic amines is 1. The van der Waals surface area contributed by atoms with Gasteiger partial charge in [-0.1, -0.05) is 54.6 Å². The van der Waals surface area contributed by atoms with E-state index in [9.17, 15) is 55.6 Å². The number of halogens is 6. The molecule has 0 bridgehead atoms. The Morgan fingerprint density at radius 2 is 1.32 bits per heavy atom. The highest BCUT2D eigenvalue weighted by atomic mass is 31.2. The van der Waals surface area contributed by atoms with Crippen LogP contribution in [-0.2, 0) is 38.5 Å². The van der Waals surface area contributed by atoms with Crippen molar-refractivity contribution in [3.63, 3.8) is 0 Å². The first kappa shape index (κ1) is 62.2. The van der Waals surface area contributed by atoms with Crippen LogP contribution in [0, 0.1) is 11.3 Å². The molecule has 1 aromatic heterocycles. The Hall–Kier alpha value is -6.65. The quantitative estimate of drug-likeness (QED) is 0.0161. The molecule has 1 saturated heterocycles. The summed E-state index contributed by atoms with van der Waals surface area (Å²) in [7, 11) is 1.24. The van der Waals surface area contributed by atoms with Crippen molar-refractivity contribution in [2.24, 2.45) is 0 Å². The number of carbonyl (C=O) groups is 3. The van der Waals surface area contributed by atoms with E-state index >= 15 is 0 Å². The number of alkyl halides is 6. The van der Waals surface area contributed by atoms with Gasteiger partial charge in [-0.3, -0.25) is 33.6 Å². The van der Waals surface area contributed by atoms with E-state index < -0.39 is 87.0 Å². The van der Waals surface area contributed by atoms with Gasteiger partial charge in [0, 0.05) is 70.0 Å². The van der Waals surface area contributed by atoms with Gasteiger partial charge in [0.25, 0.3) is 14.1 Å². The van der Waals surface area contributed by atoms with Gasteiger partial charge >= 0.3 is 29.9 Å². The molecule has 78 heavy (non-hydrogen) atoms. The average molecular weight is 1120 g/mol. The van der Waals surface area contributed by atoms with Crippen LogP contribution in [0.2, 0.25) is 0 Å². The van der Waals surface area contributed by atoms with Crippen LogP contribution in [0.5, 0.6) is 11.5 Å². The number of carbonyl (C=O) groups excluding carboxylic acids is 3. The number of nitrogens with one attached hydrogen (secondary N) is 4. The van der Waals surface area contributed by atoms with Crippen LogP contribution < -0.4 is 36.7 Å². The van der Waals surface area contributed by atoms with Crippen molar-refractivity contribution in [2.45, 2.75) is 89.0 Å². The zero-order valence-electron chi connectivity index (χ0n) is 43.7. The molecule has 1 aliphatic heterocycles. The molecule has 3 amide bonds. The van der Waals surface area contributed by atoms with Gasteiger partial charge < -0.3 is 43.9 Å². The molecule has 0 spiro atoms. The van der Waals surface area contributed by atoms with E-state index in [4.69, 9.17) is 28.0 Å². The number of H-pyrrole nitrogens is 1. The Morgan fingerprint density at radius 1 is 0.808 bits per heavy atom. The summed E-state index contributed by atoms with van der Waals surface area (Å²) in [5.74, 6) is -4.05. The normalized spacial score (nSPS) is 16.4. The van der Waals surface area contributed by atoms with Crippen LogP contribution >= 0.6 is 8.53 Å². The molecular formula is C52H63F6N8O11P. The first-order valence-electron chi connectivity index (χ1n) is 24.6. The third kappa shape index (κ3) is 17.2. The predicted molar refractivity (Wildman–Crippen MR) is 275 cm³/mol. The van der Waals surface area contributed by atoms with Crippen molar-refractivity contribution >= 4 is 32.3 Å². The second-order valence-electron chi connectivity index (χ2n) is 18.1. The molecule has 4 unspecified atom stereocenters. The van der Waals surface area contributed by atoms with Crippen LogP contribution in [0.15, 0.2) is 101 Å². The fraction of sp³-hybridized carbons (Fsp3) is 0.462. The smallest absolute Gasteiger partial charge is 0.471 e. The Kier molecular flexibility index (Phi) is 23.0. The summed E-state index contributed by atoms with van der Waals surface area (Å²) in [6.45, 7) is 5.66. The maximum Gasteiger partial charge on any atom is 0.471 e. The van der Waals surface area contributed by atoms with E-state index in [2.05, 4.69) is 16.4 Å². The summed E-state index contributed by atoms with van der Waals surface area (Å²) in [6.07, 6.45) is -9.90. The maximum atomic E-state index is 13.7. The first-order valence-corrected chi connectivity index (χ1v) is 25.8. The van der Waals surface area contributed by atoms with Gasteiger partial charge in [-0.25, -0.2) is 9.46 Å². The van der Waals surface area contributed by atoms with Crippen molar-refractivity contribution < 1.29 is 68.7 Å². The standard InChI is InChI=1S/C52H63F6N8O11P/c1-34(2)66(35(3)4)78(75-30-10-23-59)77-42-31-45(76-43(42)33-74-50(37-11-8-7-9-12-37,38-14-18-40(72-5)19-15-38)39-16-20-41(73-6)21-17-39)65-32-36(46(68)63-49(65)71)13-22-44(67)60-24-27-64(28-25-61-47(69)51(53,54)55)29-26-62-48(70)52(56,57)58/h7-9,11-22,32,34-35,42-43,45H,10,24-31,33H2,1-6H3,(H,60,67)(H,61,69)(H,62,70)(H,63,68,71)/b22-13+. The van der Waals surface area contributed by atoms with Crippen LogP contribution in [0.4, 0.5) is 26.3 Å². The van der Waals surface area contributed by atoms with Gasteiger partial charge in [0.1, 0.15) is 29.4 Å². The highest BCUT2D eigenvalue weighted by molar-refractivity contribution is 7.44. The minimum atomic E-state index is -5.18. The number of hydrogen-bond donors (Lipinski definition) is 4. The Bertz CT molecular complexity index is 2690. The highest BCUT2D eigenvalue weighted by Gasteiger charge is 2.45. The number of nitrogens with zero attached hydrogens (tertiary/aromatic N) is 4. The van der Waals surface area contributed by atoms with E-state index in [-0.39, 0.29) is 69.9 Å². The fourth-order valence-electron chi connectivity index (χ4n) is 8.41. The van der Waals surface area contributed by atoms with Crippen molar-refractivity contribution in [3.8, 4) is 17.6 Å². The molecule has 1 fully saturated rings. The van der Waals surface area contributed by atoms with Crippen LogP contribution in [0.1, 0.15) is 69.0 Å². The monoisotopic (exact) mass is 1120 g/mol. The molecule has 4 N–H and O–H groups in total. The first-order chi connectivity index (χ1) is 37.0. The minimum absolute atomic E-state index is 0.00771. The van der Waals surface area contributed by atoms with Gasteiger partial charge in [0.05, 0.1) is 51.6 Å². The van der Waals surface area contributed by atoms with E-state index in [0.29, 0.717) is 11.5 Å². The number of hydrogen-bond acceptors (Lipinski definition) is 14. The molecule has 4 aromatic rings. The number of ether oxygens (including phenoxy) is 4. The van der Waals surface area contributed by atoms with Crippen molar-refractivity contribution in [1.82, 2.24) is 35.1 Å². The van der Waals surface area contributed by atoms with Gasteiger partial charge in [-0.2, -0.15) is 31.6 Å². The zero-order chi connectivity index (χ0) is 57.2. The Morgan fingerprint density at radius 3 is 1.81 bits per heavy atom. The lowest BCUT2D eigenvalue weighted by Crippen LogP contribution is -2.46. The van der Waals surface area contributed by atoms with Gasteiger partial charge in [-0.05, 0) is 74.7 Å². The van der Waals surface area contributed by atoms with Gasteiger partial charge in [0.15, 0.2) is 0 Å². The molecule has 0 radical (unpaired) electrons. The Labute approximate surface area is 447 Å². The van der Waals surface area contributed by atoms with Crippen molar-refractivity contribution in [3.05, 3.63) is 134 Å². The minimum Gasteiger partial charge on any atom is -0.497 e. The molecule has 4 atom stereocenters. The molecule has 3 aromatic carbocycles. The van der Waals surface area contributed by atoms with E-state index in [1.807, 2.05) is 111 Å². The Balaban J connectivity index is 1.45. The number of amides is 3. The van der Waals surface area contributed by atoms with E-state index in [1.54, 1.807) is 24.9 Å². The van der Waals surface area contributed by atoms with E-state index in [0.717, 1.165) is 33.4 Å².